The molecule has 0 atom stereocenters. The quantitative estimate of drug-likeness (QED) is 0.739. The van der Waals surface area contributed by atoms with Gasteiger partial charge in [-0.3, -0.25) is 0 Å². The summed E-state index contributed by atoms with van der Waals surface area (Å²) in [5, 5.41) is 9.97. The van der Waals surface area contributed by atoms with Crippen molar-refractivity contribution in [3.05, 3.63) is 32.2 Å². The maximum atomic E-state index is 11.7. The van der Waals surface area contributed by atoms with Gasteiger partial charge in [-0.25, -0.2) is 9.48 Å². The first-order valence-electron chi connectivity index (χ1n) is 5.88. The van der Waals surface area contributed by atoms with Gasteiger partial charge in [-0.2, -0.15) is 0 Å². The molecule has 8 heteroatoms. The number of nitrogens with zero attached hydrogens (tertiary/aromatic N) is 3. The molecule has 0 spiro atoms. The van der Waals surface area contributed by atoms with E-state index in [9.17, 15) is 4.79 Å². The minimum Gasteiger partial charge on any atom is -0.464 e. The first-order chi connectivity index (χ1) is 9.65. The lowest BCUT2D eigenvalue weighted by molar-refractivity contribution is 0.0592. The Labute approximate surface area is 128 Å². The summed E-state index contributed by atoms with van der Waals surface area (Å²) in [5.74, 6) is -0.477. The molecule has 0 N–H and O–H groups in total. The van der Waals surface area contributed by atoms with Gasteiger partial charge in [0.1, 0.15) is 0 Å². The summed E-state index contributed by atoms with van der Waals surface area (Å²) in [6.07, 6.45) is 0.556. The molecule has 0 saturated heterocycles. The number of rotatable bonds is 6. The van der Waals surface area contributed by atoms with Gasteiger partial charge >= 0.3 is 5.97 Å². The van der Waals surface area contributed by atoms with Gasteiger partial charge in [0.2, 0.25) is 0 Å². The summed E-state index contributed by atoms with van der Waals surface area (Å²) >= 11 is 5.03. The van der Waals surface area contributed by atoms with Crippen LogP contribution in [0.2, 0.25) is 0 Å². The molecule has 20 heavy (non-hydrogen) atoms. The van der Waals surface area contributed by atoms with Crippen molar-refractivity contribution in [3.63, 3.8) is 0 Å². The smallest absolute Gasteiger partial charge is 0.360 e. The van der Waals surface area contributed by atoms with E-state index in [4.69, 9.17) is 9.47 Å². The highest BCUT2D eigenvalue weighted by atomic mass is 79.9. The highest BCUT2D eigenvalue weighted by Crippen LogP contribution is 2.21. The molecule has 2 rings (SSSR count). The molecule has 0 unspecified atom stereocenters. The summed E-state index contributed by atoms with van der Waals surface area (Å²) in [5.41, 5.74) is 0.975. The number of carbonyl (C=O) groups is 1. The lowest BCUT2D eigenvalue weighted by Gasteiger charge is -2.06. The SMILES string of the molecule is COCCc1c(C(=O)OC)nnn1Cc1cc(Br)cs1. The number of carbonyl (C=O) groups excluding carboxylic acids is 1. The van der Waals surface area contributed by atoms with Crippen molar-refractivity contribution < 1.29 is 14.3 Å². The van der Waals surface area contributed by atoms with Gasteiger partial charge in [-0.1, -0.05) is 5.21 Å². The van der Waals surface area contributed by atoms with Crippen LogP contribution in [-0.2, 0) is 22.4 Å². The molecule has 0 aromatic carbocycles. The normalized spacial score (nSPS) is 10.8. The van der Waals surface area contributed by atoms with E-state index >= 15 is 0 Å². The van der Waals surface area contributed by atoms with Gasteiger partial charge in [0.15, 0.2) is 5.69 Å². The fraction of sp³-hybridized carbons (Fsp3) is 0.417. The van der Waals surface area contributed by atoms with E-state index in [1.54, 1.807) is 23.1 Å². The molecule has 0 fully saturated rings. The van der Waals surface area contributed by atoms with Gasteiger partial charge in [0.25, 0.3) is 0 Å². The van der Waals surface area contributed by atoms with Crippen LogP contribution in [0.5, 0.6) is 0 Å². The van der Waals surface area contributed by atoms with Crippen molar-refractivity contribution in [2.24, 2.45) is 0 Å². The van der Waals surface area contributed by atoms with Gasteiger partial charge in [0, 0.05) is 28.3 Å². The van der Waals surface area contributed by atoms with E-state index < -0.39 is 5.97 Å². The highest BCUT2D eigenvalue weighted by Gasteiger charge is 2.20. The second-order valence-electron chi connectivity index (χ2n) is 4.01. The third kappa shape index (κ3) is 3.44. The number of aromatic nitrogens is 3. The Morgan fingerprint density at radius 1 is 1.50 bits per heavy atom. The van der Waals surface area contributed by atoms with Crippen molar-refractivity contribution in [2.45, 2.75) is 13.0 Å². The predicted molar refractivity (Wildman–Crippen MR) is 78.1 cm³/mol. The third-order valence-electron chi connectivity index (χ3n) is 2.69. The number of halogens is 1. The van der Waals surface area contributed by atoms with Gasteiger partial charge in [0.05, 0.1) is 26.0 Å². The first kappa shape index (κ1) is 15.1. The molecule has 0 aliphatic carbocycles. The molecule has 0 aliphatic heterocycles. The second kappa shape index (κ2) is 6.96. The first-order valence-corrected chi connectivity index (χ1v) is 7.55. The summed E-state index contributed by atoms with van der Waals surface area (Å²) < 4.78 is 12.5. The molecular weight excluding hydrogens is 346 g/mol. The van der Waals surface area contributed by atoms with Gasteiger partial charge in [-0.15, -0.1) is 16.4 Å². The zero-order valence-corrected chi connectivity index (χ0v) is 13.5. The molecule has 108 valence electrons. The van der Waals surface area contributed by atoms with Crippen molar-refractivity contribution in [1.82, 2.24) is 15.0 Å². The van der Waals surface area contributed by atoms with E-state index in [1.165, 1.54) is 7.11 Å². The van der Waals surface area contributed by atoms with Crippen LogP contribution >= 0.6 is 27.3 Å². The van der Waals surface area contributed by atoms with Crippen LogP contribution in [0.3, 0.4) is 0 Å². The lowest BCUT2D eigenvalue weighted by Crippen LogP contribution is -2.12. The van der Waals surface area contributed by atoms with E-state index in [-0.39, 0.29) is 5.69 Å². The molecule has 6 nitrogen and oxygen atoms in total. The van der Waals surface area contributed by atoms with Gasteiger partial charge in [-0.05, 0) is 22.0 Å². The Morgan fingerprint density at radius 3 is 2.90 bits per heavy atom. The molecular formula is C12H14BrN3O3S. The van der Waals surface area contributed by atoms with Crippen LogP contribution < -0.4 is 0 Å². The Bertz CT molecular complexity index is 597. The Morgan fingerprint density at radius 2 is 2.30 bits per heavy atom. The topological polar surface area (TPSA) is 66.2 Å². The molecule has 0 radical (unpaired) electrons. The summed E-state index contributed by atoms with van der Waals surface area (Å²) in [6, 6.07) is 2.02. The molecule has 2 aromatic rings. The number of ether oxygens (including phenoxy) is 2. The van der Waals surface area contributed by atoms with Crippen LogP contribution in [0.25, 0.3) is 0 Å². The number of esters is 1. The largest absolute Gasteiger partial charge is 0.464 e. The molecule has 0 saturated carbocycles. The fourth-order valence-electron chi connectivity index (χ4n) is 1.75. The van der Waals surface area contributed by atoms with Crippen LogP contribution in [0.15, 0.2) is 15.9 Å². The zero-order chi connectivity index (χ0) is 14.5. The maximum Gasteiger partial charge on any atom is 0.360 e. The number of hydrogen-bond acceptors (Lipinski definition) is 6. The second-order valence-corrected chi connectivity index (χ2v) is 5.92. The van der Waals surface area contributed by atoms with E-state index in [1.807, 2.05) is 11.4 Å². The van der Waals surface area contributed by atoms with Crippen molar-refractivity contribution >= 4 is 33.2 Å². The minimum absolute atomic E-state index is 0.250. The molecule has 0 aliphatic rings. The standard InChI is InChI=1S/C12H14BrN3O3S/c1-18-4-3-10-11(12(17)19-2)14-15-16(10)6-9-5-8(13)7-20-9/h5,7H,3-4,6H2,1-2H3. The van der Waals surface area contributed by atoms with E-state index in [0.717, 1.165) is 15.0 Å². The van der Waals surface area contributed by atoms with Crippen LogP contribution in [0.1, 0.15) is 21.1 Å². The Hall–Kier alpha value is -1.25. The average molecular weight is 360 g/mol. The maximum absolute atomic E-state index is 11.7. The van der Waals surface area contributed by atoms with Crippen molar-refractivity contribution in [2.75, 3.05) is 20.8 Å². The Kier molecular flexibility index (Phi) is 5.27. The zero-order valence-electron chi connectivity index (χ0n) is 11.1. The summed E-state index contributed by atoms with van der Waals surface area (Å²) in [6.45, 7) is 1.06. The minimum atomic E-state index is -0.477. The van der Waals surface area contributed by atoms with Crippen LogP contribution in [0, 0.1) is 0 Å². The highest BCUT2D eigenvalue weighted by molar-refractivity contribution is 9.10. The molecule has 0 amide bonds. The van der Waals surface area contributed by atoms with E-state index in [0.29, 0.717) is 19.6 Å². The molecule has 2 aromatic heterocycles. The molecule has 0 bridgehead atoms. The van der Waals surface area contributed by atoms with Crippen molar-refractivity contribution in [3.8, 4) is 0 Å². The number of thiophene rings is 1. The van der Waals surface area contributed by atoms with Crippen LogP contribution in [0.4, 0.5) is 0 Å². The monoisotopic (exact) mass is 359 g/mol. The Balaban J connectivity index is 2.27. The lowest BCUT2D eigenvalue weighted by atomic mass is 10.2. The average Bonchev–Trinajstić information content (AvgIpc) is 3.03. The summed E-state index contributed by atoms with van der Waals surface area (Å²) in [4.78, 5) is 12.8. The van der Waals surface area contributed by atoms with Crippen molar-refractivity contribution in [1.29, 1.82) is 0 Å². The van der Waals surface area contributed by atoms with Crippen LogP contribution in [-0.4, -0.2) is 41.8 Å². The van der Waals surface area contributed by atoms with E-state index in [2.05, 4.69) is 26.2 Å². The van der Waals surface area contributed by atoms with Gasteiger partial charge < -0.3 is 9.47 Å². The number of methoxy groups -OCH3 is 2. The molecule has 2 heterocycles. The number of hydrogen-bond donors (Lipinski definition) is 0. The summed E-state index contributed by atoms with van der Waals surface area (Å²) in [7, 11) is 2.94. The predicted octanol–water partition coefficient (Wildman–Crippen LogP) is 2.13. The third-order valence-corrected chi connectivity index (χ3v) is 4.37. The fourth-order valence-corrected chi connectivity index (χ4v) is 3.18.